The number of imide groups is 1. The Kier molecular flexibility index (Phi) is 5.13. The first-order chi connectivity index (χ1) is 12.9. The van der Waals surface area contributed by atoms with Crippen LogP contribution in [0, 0.1) is 6.92 Å². The van der Waals surface area contributed by atoms with Crippen molar-refractivity contribution in [2.75, 3.05) is 11.5 Å². The van der Waals surface area contributed by atoms with Crippen LogP contribution in [0.5, 0.6) is 0 Å². The fourth-order valence-corrected chi connectivity index (χ4v) is 3.57. The number of nitrogens with zero attached hydrogens (tertiary/aromatic N) is 1. The Labute approximate surface area is 158 Å². The summed E-state index contributed by atoms with van der Waals surface area (Å²) in [5, 5.41) is 0. The minimum atomic E-state index is -1.14. The Bertz CT molecular complexity index is 916. The quantitative estimate of drug-likeness (QED) is 0.467. The predicted molar refractivity (Wildman–Crippen MR) is 103 cm³/mol. The molecule has 2 aromatic rings. The van der Waals surface area contributed by atoms with E-state index in [4.69, 9.17) is 4.74 Å². The number of carbonyl (C=O) groups is 3. The van der Waals surface area contributed by atoms with E-state index in [1.807, 2.05) is 19.1 Å². The Morgan fingerprint density at radius 1 is 1.15 bits per heavy atom. The van der Waals surface area contributed by atoms with Gasteiger partial charge in [0.1, 0.15) is 0 Å². The maximum Gasteiger partial charge on any atom is 0.323 e. The molecule has 0 aromatic heterocycles. The average Bonchev–Trinajstić information content (AvgIpc) is 2.62. The number of hydrogen-bond acceptors (Lipinski definition) is 4. The molecule has 27 heavy (non-hydrogen) atoms. The lowest BCUT2D eigenvalue weighted by Gasteiger charge is -2.31. The third kappa shape index (κ3) is 3.25. The SMILES string of the molecule is CCOC(=O)C1C(=O)N(c2ccc(C(C)C)c(C)c2)C(=O)c2ccccc21. The van der Waals surface area contributed by atoms with Gasteiger partial charge in [0.2, 0.25) is 0 Å². The lowest BCUT2D eigenvalue weighted by Crippen LogP contribution is -2.47. The van der Waals surface area contributed by atoms with Gasteiger partial charge in [-0.3, -0.25) is 14.4 Å². The summed E-state index contributed by atoms with van der Waals surface area (Å²) < 4.78 is 5.10. The minimum absolute atomic E-state index is 0.168. The molecule has 0 radical (unpaired) electrons. The average molecular weight is 365 g/mol. The van der Waals surface area contributed by atoms with Gasteiger partial charge in [-0.2, -0.15) is 0 Å². The Morgan fingerprint density at radius 2 is 1.85 bits per heavy atom. The topological polar surface area (TPSA) is 63.7 Å². The number of carbonyl (C=O) groups excluding carboxylic acids is 3. The van der Waals surface area contributed by atoms with E-state index in [0.717, 1.165) is 16.0 Å². The van der Waals surface area contributed by atoms with E-state index in [0.29, 0.717) is 22.7 Å². The van der Waals surface area contributed by atoms with Crippen LogP contribution in [0.15, 0.2) is 42.5 Å². The molecule has 0 fully saturated rings. The smallest absolute Gasteiger partial charge is 0.323 e. The normalized spacial score (nSPS) is 16.5. The van der Waals surface area contributed by atoms with Crippen LogP contribution in [0.4, 0.5) is 5.69 Å². The van der Waals surface area contributed by atoms with Crippen molar-refractivity contribution in [3.05, 3.63) is 64.7 Å². The molecule has 0 N–H and O–H groups in total. The molecular formula is C22H23NO4. The Morgan fingerprint density at radius 3 is 2.48 bits per heavy atom. The van der Waals surface area contributed by atoms with Gasteiger partial charge < -0.3 is 4.74 Å². The van der Waals surface area contributed by atoms with Crippen LogP contribution < -0.4 is 4.90 Å². The van der Waals surface area contributed by atoms with Crippen LogP contribution >= 0.6 is 0 Å². The lowest BCUT2D eigenvalue weighted by atomic mass is 9.87. The van der Waals surface area contributed by atoms with Crippen molar-refractivity contribution < 1.29 is 19.1 Å². The zero-order valence-electron chi connectivity index (χ0n) is 16.0. The number of aryl methyl sites for hydroxylation is 1. The van der Waals surface area contributed by atoms with Crippen LogP contribution in [0.25, 0.3) is 0 Å². The van der Waals surface area contributed by atoms with Crippen molar-refractivity contribution in [3.8, 4) is 0 Å². The first-order valence-corrected chi connectivity index (χ1v) is 9.11. The van der Waals surface area contributed by atoms with Crippen LogP contribution in [0.2, 0.25) is 0 Å². The van der Waals surface area contributed by atoms with Gasteiger partial charge in [-0.15, -0.1) is 0 Å². The highest BCUT2D eigenvalue weighted by molar-refractivity contribution is 6.30. The van der Waals surface area contributed by atoms with E-state index < -0.39 is 23.7 Å². The van der Waals surface area contributed by atoms with Crippen LogP contribution in [0.1, 0.15) is 59.7 Å². The van der Waals surface area contributed by atoms with Crippen LogP contribution in [-0.2, 0) is 14.3 Å². The number of esters is 1. The second-order valence-electron chi connectivity index (χ2n) is 6.95. The van der Waals surface area contributed by atoms with Crippen molar-refractivity contribution >= 4 is 23.5 Å². The molecule has 2 aromatic carbocycles. The van der Waals surface area contributed by atoms with Gasteiger partial charge in [-0.25, -0.2) is 4.90 Å². The molecule has 1 aliphatic heterocycles. The number of rotatable bonds is 4. The summed E-state index contributed by atoms with van der Waals surface area (Å²) in [6.45, 7) is 7.99. The minimum Gasteiger partial charge on any atom is -0.465 e. The number of anilines is 1. The first kappa shape index (κ1) is 18.8. The molecule has 0 spiro atoms. The second kappa shape index (κ2) is 7.35. The number of benzene rings is 2. The van der Waals surface area contributed by atoms with Crippen LogP contribution in [-0.4, -0.2) is 24.4 Å². The maximum atomic E-state index is 13.1. The van der Waals surface area contributed by atoms with Crippen molar-refractivity contribution in [2.24, 2.45) is 0 Å². The Hall–Kier alpha value is -2.95. The third-order valence-corrected chi connectivity index (χ3v) is 4.83. The van der Waals surface area contributed by atoms with Gasteiger partial charge >= 0.3 is 5.97 Å². The van der Waals surface area contributed by atoms with E-state index in [-0.39, 0.29) is 6.61 Å². The van der Waals surface area contributed by atoms with Gasteiger partial charge in [0.05, 0.1) is 12.3 Å². The zero-order chi connectivity index (χ0) is 19.7. The number of hydrogen-bond donors (Lipinski definition) is 0. The van der Waals surface area contributed by atoms with Crippen molar-refractivity contribution in [1.29, 1.82) is 0 Å². The molecule has 1 heterocycles. The number of amides is 2. The zero-order valence-corrected chi connectivity index (χ0v) is 16.0. The largest absolute Gasteiger partial charge is 0.465 e. The van der Waals surface area contributed by atoms with Crippen molar-refractivity contribution in [2.45, 2.75) is 39.5 Å². The summed E-state index contributed by atoms with van der Waals surface area (Å²) in [6, 6.07) is 12.2. The lowest BCUT2D eigenvalue weighted by molar-refractivity contribution is -0.147. The molecule has 1 atom stereocenters. The Balaban J connectivity index is 2.12. The molecule has 140 valence electrons. The van der Waals surface area contributed by atoms with E-state index in [1.54, 1.807) is 37.3 Å². The second-order valence-corrected chi connectivity index (χ2v) is 6.95. The van der Waals surface area contributed by atoms with E-state index in [1.165, 1.54) is 0 Å². The standard InChI is InChI=1S/C22H23NO4/c1-5-27-22(26)19-17-8-6-7-9-18(17)20(24)23(21(19)25)15-10-11-16(13(2)3)14(4)12-15/h6-13,19H,5H2,1-4H3. The van der Waals surface area contributed by atoms with E-state index in [9.17, 15) is 14.4 Å². The van der Waals surface area contributed by atoms with Gasteiger partial charge in [0.25, 0.3) is 11.8 Å². The van der Waals surface area contributed by atoms with Gasteiger partial charge in [0, 0.05) is 5.56 Å². The van der Waals surface area contributed by atoms with Gasteiger partial charge in [0.15, 0.2) is 5.92 Å². The van der Waals surface area contributed by atoms with Crippen molar-refractivity contribution in [3.63, 3.8) is 0 Å². The van der Waals surface area contributed by atoms with E-state index >= 15 is 0 Å². The highest BCUT2D eigenvalue weighted by atomic mass is 16.5. The van der Waals surface area contributed by atoms with Crippen molar-refractivity contribution in [1.82, 2.24) is 0 Å². The van der Waals surface area contributed by atoms with Gasteiger partial charge in [-0.05, 0) is 54.7 Å². The number of ether oxygens (including phenoxy) is 1. The molecular weight excluding hydrogens is 342 g/mol. The summed E-state index contributed by atoms with van der Waals surface area (Å²) in [5.74, 6) is -2.44. The molecule has 3 rings (SSSR count). The highest BCUT2D eigenvalue weighted by Crippen LogP contribution is 2.34. The molecule has 0 saturated carbocycles. The van der Waals surface area contributed by atoms with Gasteiger partial charge in [-0.1, -0.05) is 38.1 Å². The molecule has 1 unspecified atom stereocenters. The molecule has 2 amide bonds. The van der Waals surface area contributed by atoms with E-state index in [2.05, 4.69) is 13.8 Å². The fraction of sp³-hybridized carbons (Fsp3) is 0.318. The monoisotopic (exact) mass is 365 g/mol. The molecule has 1 aliphatic rings. The van der Waals surface area contributed by atoms with Crippen LogP contribution in [0.3, 0.4) is 0 Å². The summed E-state index contributed by atoms with van der Waals surface area (Å²) in [4.78, 5) is 39.8. The fourth-order valence-electron chi connectivity index (χ4n) is 3.57. The highest BCUT2D eigenvalue weighted by Gasteiger charge is 2.44. The predicted octanol–water partition coefficient (Wildman–Crippen LogP) is 3.95. The third-order valence-electron chi connectivity index (χ3n) is 4.83. The molecule has 0 saturated heterocycles. The summed E-state index contributed by atoms with van der Waals surface area (Å²) >= 11 is 0. The number of fused-ring (bicyclic) bond motifs is 1. The molecule has 0 aliphatic carbocycles. The first-order valence-electron chi connectivity index (χ1n) is 9.11. The molecule has 5 heteroatoms. The molecule has 5 nitrogen and oxygen atoms in total. The maximum absolute atomic E-state index is 13.1. The summed E-state index contributed by atoms with van der Waals surface area (Å²) in [7, 11) is 0. The molecule has 0 bridgehead atoms. The summed E-state index contributed by atoms with van der Waals surface area (Å²) in [5.41, 5.74) is 3.36. The summed E-state index contributed by atoms with van der Waals surface area (Å²) in [6.07, 6.45) is 0.